The molecule has 0 N–H and O–H groups in total. The van der Waals surface area contributed by atoms with Crippen molar-refractivity contribution >= 4 is 34.1 Å². The van der Waals surface area contributed by atoms with Crippen molar-refractivity contribution in [3.63, 3.8) is 0 Å². The number of pyridine rings is 3. The highest BCUT2D eigenvalue weighted by molar-refractivity contribution is 6.30. The number of piperazine rings is 1. The molecule has 4 aromatic rings. The number of benzene rings is 1. The van der Waals surface area contributed by atoms with E-state index < -0.39 is 5.95 Å². The van der Waals surface area contributed by atoms with Gasteiger partial charge in [-0.1, -0.05) is 36.4 Å². The fourth-order valence-corrected chi connectivity index (χ4v) is 5.31. The van der Waals surface area contributed by atoms with E-state index in [-0.39, 0.29) is 29.5 Å². The van der Waals surface area contributed by atoms with Crippen LogP contribution < -0.4 is 10.5 Å². The molecule has 3 atom stereocenters. The van der Waals surface area contributed by atoms with Crippen molar-refractivity contribution in [1.82, 2.24) is 19.4 Å². The van der Waals surface area contributed by atoms with Crippen molar-refractivity contribution in [1.29, 1.82) is 0 Å². The zero-order chi connectivity index (χ0) is 26.3. The molecular weight excluding hydrogens is 491 g/mol. The van der Waals surface area contributed by atoms with E-state index in [0.29, 0.717) is 34.8 Å². The summed E-state index contributed by atoms with van der Waals surface area (Å²) in [7, 11) is 1.71. The van der Waals surface area contributed by atoms with Crippen LogP contribution in [-0.4, -0.2) is 44.6 Å². The van der Waals surface area contributed by atoms with Crippen LogP contribution in [0.25, 0.3) is 15.9 Å². The van der Waals surface area contributed by atoms with Gasteiger partial charge >= 0.3 is 0 Å². The van der Waals surface area contributed by atoms with Crippen molar-refractivity contribution in [2.45, 2.75) is 32.0 Å². The van der Waals surface area contributed by atoms with Gasteiger partial charge < -0.3 is 14.3 Å². The summed E-state index contributed by atoms with van der Waals surface area (Å²) in [6, 6.07) is 17.2. The Morgan fingerprint density at radius 1 is 1.05 bits per heavy atom. The number of rotatable bonds is 4. The van der Waals surface area contributed by atoms with Gasteiger partial charge in [0.25, 0.3) is 11.4 Å². The summed E-state index contributed by atoms with van der Waals surface area (Å²) in [5.74, 6) is -0.240. The largest absolute Gasteiger partial charge is 0.362 e. The van der Waals surface area contributed by atoms with Crippen molar-refractivity contribution in [2.75, 3.05) is 18.0 Å². The molecule has 1 unspecified atom stereocenters. The minimum Gasteiger partial charge on any atom is -0.362 e. The summed E-state index contributed by atoms with van der Waals surface area (Å²) in [5.41, 5.74) is 3.48. The minimum absolute atomic E-state index is 0.00624. The quantitative estimate of drug-likeness (QED) is 0.270. The third-order valence-corrected chi connectivity index (χ3v) is 7.30. The Hall–Kier alpha value is -3.80. The molecule has 0 radical (unpaired) electrons. The number of aryl methyl sites for hydroxylation is 1. The van der Waals surface area contributed by atoms with Crippen molar-refractivity contribution < 1.29 is 4.39 Å². The Bertz CT molecular complexity index is 1560. The van der Waals surface area contributed by atoms with E-state index in [9.17, 15) is 9.18 Å². The highest BCUT2D eigenvalue weighted by atomic mass is 35.5. The van der Waals surface area contributed by atoms with E-state index in [1.54, 1.807) is 35.9 Å². The molecule has 0 bridgehead atoms. The first-order valence-electron chi connectivity index (χ1n) is 12.1. The molecule has 37 heavy (non-hydrogen) atoms. The third kappa shape index (κ3) is 4.68. The Morgan fingerprint density at radius 2 is 1.81 bits per heavy atom. The summed E-state index contributed by atoms with van der Waals surface area (Å²) >= 11 is 6.16. The highest BCUT2D eigenvalue weighted by Crippen LogP contribution is 2.36. The molecule has 7 nitrogen and oxygen atoms in total. The molecule has 1 fully saturated rings. The minimum atomic E-state index is -0.524. The number of hydrogen-bond acceptors (Lipinski definition) is 5. The number of nitrogens with zero attached hydrogens (tertiary/aromatic N) is 6. The van der Waals surface area contributed by atoms with Gasteiger partial charge in [-0.05, 0) is 55.8 Å². The molecule has 1 aliphatic heterocycles. The molecule has 0 saturated carbocycles. The smallest absolute Gasteiger partial charge is 0.270 e. The van der Waals surface area contributed by atoms with Gasteiger partial charge in [-0.25, -0.2) is 4.98 Å². The first-order chi connectivity index (χ1) is 17.8. The second-order valence-electron chi connectivity index (χ2n) is 9.46. The van der Waals surface area contributed by atoms with E-state index >= 15 is 0 Å². The molecule has 3 aromatic heterocycles. The SMILES string of the molecule is [C-]#[N+]c1ccc2c(n1)c(N1C[C@@H](C)N(C(c3ccc(Cl)cc3)c3cccc(F)n3)C[C@@H]1C)cc(=O)n2C. The van der Waals surface area contributed by atoms with Gasteiger partial charge in [-0.3, -0.25) is 9.69 Å². The van der Waals surface area contributed by atoms with Crippen LogP contribution in [0.2, 0.25) is 5.02 Å². The lowest BCUT2D eigenvalue weighted by Crippen LogP contribution is -2.57. The molecule has 188 valence electrons. The second kappa shape index (κ2) is 9.92. The zero-order valence-corrected chi connectivity index (χ0v) is 21.5. The standard InChI is InChI=1S/C28H26ClFN6O/c1-17-16-36(28(19-8-10-20(29)11-9-19)21-6-5-7-24(30)32-21)18(2)15-35(17)23-14-26(37)34(4)22-12-13-25(31-3)33-27(22)23/h5-14,17-18,28H,15-16H2,1-2,4H3/t17-,18+,28?/m0/s1. The van der Waals surface area contributed by atoms with E-state index in [4.69, 9.17) is 18.2 Å². The number of fused-ring (bicyclic) bond motifs is 1. The molecule has 1 aromatic carbocycles. The van der Waals surface area contributed by atoms with E-state index in [1.165, 1.54) is 6.07 Å². The van der Waals surface area contributed by atoms with Crippen LogP contribution in [0.15, 0.2) is 65.5 Å². The van der Waals surface area contributed by atoms with Crippen molar-refractivity contribution in [3.05, 3.63) is 105 Å². The van der Waals surface area contributed by atoms with E-state index in [2.05, 4.69) is 38.5 Å². The van der Waals surface area contributed by atoms with E-state index in [0.717, 1.165) is 11.3 Å². The van der Waals surface area contributed by atoms with Crippen molar-refractivity contribution in [2.24, 2.45) is 7.05 Å². The highest BCUT2D eigenvalue weighted by Gasteiger charge is 2.37. The summed E-state index contributed by atoms with van der Waals surface area (Å²) in [5, 5.41) is 0.629. The first kappa shape index (κ1) is 24.9. The molecule has 0 spiro atoms. The van der Waals surface area contributed by atoms with Crippen LogP contribution in [0, 0.1) is 12.5 Å². The summed E-state index contributed by atoms with van der Waals surface area (Å²) in [4.78, 5) is 29.6. The van der Waals surface area contributed by atoms with Crippen LogP contribution in [0.3, 0.4) is 0 Å². The Morgan fingerprint density at radius 3 is 2.51 bits per heavy atom. The molecule has 0 aliphatic carbocycles. The summed E-state index contributed by atoms with van der Waals surface area (Å²) in [6.07, 6.45) is 0. The van der Waals surface area contributed by atoms with Crippen LogP contribution in [-0.2, 0) is 7.05 Å². The average Bonchev–Trinajstić information content (AvgIpc) is 2.89. The first-order valence-corrected chi connectivity index (χ1v) is 12.4. The lowest BCUT2D eigenvalue weighted by molar-refractivity contribution is 0.127. The number of aromatic nitrogens is 3. The molecule has 1 aliphatic rings. The number of halogens is 2. The van der Waals surface area contributed by atoms with Crippen molar-refractivity contribution in [3.8, 4) is 0 Å². The van der Waals surface area contributed by atoms with Crippen LogP contribution in [0.4, 0.5) is 15.9 Å². The van der Waals surface area contributed by atoms with Gasteiger partial charge in [-0.15, -0.1) is 4.98 Å². The Balaban J connectivity index is 1.56. The van der Waals surface area contributed by atoms with Crippen LogP contribution in [0.1, 0.15) is 31.1 Å². The van der Waals surface area contributed by atoms with Gasteiger partial charge in [0.15, 0.2) is 0 Å². The Labute approximate surface area is 219 Å². The van der Waals surface area contributed by atoms with E-state index in [1.807, 2.05) is 30.3 Å². The maximum absolute atomic E-state index is 14.2. The fourth-order valence-electron chi connectivity index (χ4n) is 5.18. The maximum Gasteiger partial charge on any atom is 0.270 e. The predicted molar refractivity (Wildman–Crippen MR) is 144 cm³/mol. The number of hydrogen-bond donors (Lipinski definition) is 0. The summed E-state index contributed by atoms with van der Waals surface area (Å²) < 4.78 is 15.7. The number of anilines is 1. The van der Waals surface area contributed by atoms with Crippen LogP contribution in [0.5, 0.6) is 0 Å². The zero-order valence-electron chi connectivity index (χ0n) is 20.8. The summed E-state index contributed by atoms with van der Waals surface area (Å²) in [6.45, 7) is 12.8. The van der Waals surface area contributed by atoms with Gasteiger partial charge in [-0.2, -0.15) is 4.39 Å². The monoisotopic (exact) mass is 516 g/mol. The maximum atomic E-state index is 14.2. The molecule has 9 heteroatoms. The Kier molecular flexibility index (Phi) is 6.67. The average molecular weight is 517 g/mol. The topological polar surface area (TPSA) is 58.6 Å². The van der Waals surface area contributed by atoms with Gasteiger partial charge in [0, 0.05) is 43.3 Å². The fraction of sp³-hybridized carbons (Fsp3) is 0.286. The second-order valence-corrected chi connectivity index (χ2v) is 9.90. The van der Waals surface area contributed by atoms with Gasteiger partial charge in [0.05, 0.1) is 22.9 Å². The normalized spacial score (nSPS) is 19.1. The molecule has 1 saturated heterocycles. The molecule has 0 amide bonds. The molecule has 4 heterocycles. The van der Waals surface area contributed by atoms with Gasteiger partial charge in [0.1, 0.15) is 0 Å². The van der Waals surface area contributed by atoms with Gasteiger partial charge in [0.2, 0.25) is 11.5 Å². The third-order valence-electron chi connectivity index (χ3n) is 7.05. The molecule has 5 rings (SSSR count). The lowest BCUT2D eigenvalue weighted by atomic mass is 9.96. The molecular formula is C28H26ClFN6O. The van der Waals surface area contributed by atoms with Crippen LogP contribution >= 0.6 is 11.6 Å². The lowest BCUT2D eigenvalue weighted by Gasteiger charge is -2.48. The predicted octanol–water partition coefficient (Wildman–Crippen LogP) is 5.36.